The van der Waals surface area contributed by atoms with Gasteiger partial charge in [-0.3, -0.25) is 0 Å². The first kappa shape index (κ1) is 19.7. The van der Waals surface area contributed by atoms with E-state index < -0.39 is 0 Å². The largest absolute Gasteiger partial charge is 0.399 e. The third kappa shape index (κ3) is 5.97. The first-order valence-corrected chi connectivity index (χ1v) is 9.17. The Morgan fingerprint density at radius 2 is 1.56 bits per heavy atom. The van der Waals surface area contributed by atoms with E-state index >= 15 is 0 Å². The van der Waals surface area contributed by atoms with Crippen molar-refractivity contribution in [3.05, 3.63) is 57.0 Å². The number of hydrogen-bond acceptors (Lipinski definition) is 2. The van der Waals surface area contributed by atoms with Crippen molar-refractivity contribution in [2.24, 2.45) is 0 Å². The van der Waals surface area contributed by atoms with Crippen LogP contribution in [0.25, 0.3) is 0 Å². The molecule has 134 valence electrons. The quantitative estimate of drug-likeness (QED) is 0.542. The smallest absolute Gasteiger partial charge is 0.321 e. The molecule has 3 rings (SSSR count). The van der Waals surface area contributed by atoms with Gasteiger partial charge in [-0.25, -0.2) is 13.6 Å². The normalized spacial score (nSPS) is 13.2. The molecule has 1 aliphatic rings. The minimum absolute atomic E-state index is 0.115. The summed E-state index contributed by atoms with van der Waals surface area (Å²) in [5.74, 6) is -0.622. The average Bonchev–Trinajstić information content (AvgIpc) is 3.10. The first-order valence-electron chi connectivity index (χ1n) is 7.58. The number of amides is 2. The van der Waals surface area contributed by atoms with Crippen molar-refractivity contribution < 1.29 is 13.6 Å². The predicted molar refractivity (Wildman–Crippen MR) is 102 cm³/mol. The molecule has 8 heteroatoms. The third-order valence-electron chi connectivity index (χ3n) is 3.51. The molecule has 25 heavy (non-hydrogen) atoms. The molecule has 4 nitrogen and oxygen atoms in total. The van der Waals surface area contributed by atoms with Gasteiger partial charge in [0.2, 0.25) is 0 Å². The Morgan fingerprint density at radius 3 is 2.08 bits per heavy atom. The number of urea groups is 1. The monoisotopic (exact) mass is 475 g/mol. The molecule has 1 fully saturated rings. The lowest BCUT2D eigenvalue weighted by Crippen LogP contribution is -2.32. The fourth-order valence-electron chi connectivity index (χ4n) is 2.21. The van der Waals surface area contributed by atoms with Gasteiger partial charge in [-0.05, 0) is 81.1 Å². The lowest BCUT2D eigenvalue weighted by atomic mass is 10.3. The van der Waals surface area contributed by atoms with Crippen molar-refractivity contribution in [2.45, 2.75) is 12.8 Å². The molecule has 2 amide bonds. The van der Waals surface area contributed by atoms with Crippen LogP contribution in [0.3, 0.4) is 0 Å². The van der Waals surface area contributed by atoms with E-state index in [1.54, 1.807) is 17.0 Å². The molecule has 1 aliphatic heterocycles. The van der Waals surface area contributed by atoms with Gasteiger partial charge < -0.3 is 16.0 Å². The summed E-state index contributed by atoms with van der Waals surface area (Å²) in [5.41, 5.74) is 6.49. The summed E-state index contributed by atoms with van der Waals surface area (Å²) < 4.78 is 26.1. The second-order valence-electron chi connectivity index (χ2n) is 5.43. The summed E-state index contributed by atoms with van der Waals surface area (Å²) in [4.78, 5) is 13.5. The highest BCUT2D eigenvalue weighted by Gasteiger charge is 2.17. The van der Waals surface area contributed by atoms with Crippen LogP contribution >= 0.6 is 31.9 Å². The van der Waals surface area contributed by atoms with Crippen molar-refractivity contribution in [2.75, 3.05) is 24.1 Å². The summed E-state index contributed by atoms with van der Waals surface area (Å²) in [6.45, 7) is 1.60. The summed E-state index contributed by atoms with van der Waals surface area (Å²) >= 11 is 6.07. The topological polar surface area (TPSA) is 58.4 Å². The number of nitrogen functional groups attached to an aromatic ring is 1. The summed E-state index contributed by atoms with van der Waals surface area (Å²) in [7, 11) is 0. The van der Waals surface area contributed by atoms with Gasteiger partial charge in [0.1, 0.15) is 11.6 Å². The summed E-state index contributed by atoms with van der Waals surface area (Å²) in [6.07, 6.45) is 2.11. The molecule has 1 heterocycles. The molecular formula is C17H17Br2F2N3O. The van der Waals surface area contributed by atoms with Gasteiger partial charge in [-0.15, -0.1) is 0 Å². The number of hydrogen-bond donors (Lipinski definition) is 2. The van der Waals surface area contributed by atoms with E-state index in [9.17, 15) is 13.6 Å². The van der Waals surface area contributed by atoms with E-state index in [-0.39, 0.29) is 17.7 Å². The van der Waals surface area contributed by atoms with Crippen molar-refractivity contribution in [1.82, 2.24) is 4.90 Å². The van der Waals surface area contributed by atoms with E-state index in [4.69, 9.17) is 5.73 Å². The molecule has 0 atom stereocenters. The minimum atomic E-state index is -0.334. The zero-order valence-electron chi connectivity index (χ0n) is 13.2. The number of nitrogens with one attached hydrogen (secondary N) is 1. The number of benzene rings is 2. The Labute approximate surface area is 161 Å². The van der Waals surface area contributed by atoms with Gasteiger partial charge in [0, 0.05) is 24.5 Å². The number of nitrogens with two attached hydrogens (primary N) is 1. The van der Waals surface area contributed by atoms with Crippen LogP contribution in [0.4, 0.5) is 25.0 Å². The number of rotatable bonds is 1. The second-order valence-corrected chi connectivity index (χ2v) is 7.14. The number of likely N-dealkylation sites (tertiary alicyclic amines) is 1. The van der Waals surface area contributed by atoms with Crippen LogP contribution in [0.15, 0.2) is 45.3 Å². The van der Waals surface area contributed by atoms with Crippen LogP contribution in [-0.2, 0) is 0 Å². The number of halogens is 4. The van der Waals surface area contributed by atoms with Crippen LogP contribution in [-0.4, -0.2) is 24.0 Å². The molecule has 0 saturated carbocycles. The lowest BCUT2D eigenvalue weighted by molar-refractivity contribution is 0.222. The van der Waals surface area contributed by atoms with Gasteiger partial charge in [0.05, 0.1) is 8.95 Å². The van der Waals surface area contributed by atoms with Crippen LogP contribution in [0, 0.1) is 11.6 Å². The zero-order chi connectivity index (χ0) is 18.4. The van der Waals surface area contributed by atoms with Crippen molar-refractivity contribution in [1.29, 1.82) is 0 Å². The highest BCUT2D eigenvalue weighted by molar-refractivity contribution is 9.10. The fourth-order valence-corrected chi connectivity index (χ4v) is 2.98. The third-order valence-corrected chi connectivity index (χ3v) is 4.72. The van der Waals surface area contributed by atoms with Gasteiger partial charge in [0.25, 0.3) is 0 Å². The maximum absolute atomic E-state index is 13.0. The van der Waals surface area contributed by atoms with Crippen molar-refractivity contribution in [3.8, 4) is 0 Å². The van der Waals surface area contributed by atoms with Gasteiger partial charge in [-0.1, -0.05) is 0 Å². The maximum atomic E-state index is 13.0. The van der Waals surface area contributed by atoms with Gasteiger partial charge in [0.15, 0.2) is 0 Å². The number of nitrogens with zero attached hydrogens (tertiary/aromatic N) is 1. The van der Waals surface area contributed by atoms with E-state index in [1.165, 1.54) is 24.3 Å². The van der Waals surface area contributed by atoms with E-state index in [1.807, 2.05) is 0 Å². The molecule has 1 saturated heterocycles. The molecule has 0 spiro atoms. The Balaban J connectivity index is 0.000000212. The highest BCUT2D eigenvalue weighted by atomic mass is 79.9. The average molecular weight is 477 g/mol. The van der Waals surface area contributed by atoms with E-state index in [0.29, 0.717) is 20.3 Å². The zero-order valence-corrected chi connectivity index (χ0v) is 16.4. The van der Waals surface area contributed by atoms with Crippen LogP contribution in [0.5, 0.6) is 0 Å². The highest BCUT2D eigenvalue weighted by Crippen LogP contribution is 2.21. The van der Waals surface area contributed by atoms with Crippen LogP contribution in [0.1, 0.15) is 12.8 Å². The van der Waals surface area contributed by atoms with Crippen LogP contribution in [0.2, 0.25) is 0 Å². The van der Waals surface area contributed by atoms with Crippen LogP contribution < -0.4 is 11.1 Å². The molecule has 3 N–H and O–H groups in total. The molecule has 0 aliphatic carbocycles. The maximum Gasteiger partial charge on any atom is 0.321 e. The summed E-state index contributed by atoms with van der Waals surface area (Å²) in [5, 5.41) is 2.74. The Bertz CT molecular complexity index is 753. The Kier molecular flexibility index (Phi) is 7.19. The number of anilines is 2. The van der Waals surface area contributed by atoms with E-state index in [2.05, 4.69) is 37.2 Å². The number of carbonyl (C=O) groups excluding carboxylic acids is 1. The van der Waals surface area contributed by atoms with E-state index in [0.717, 1.165) is 25.9 Å². The number of carbonyl (C=O) groups is 1. The van der Waals surface area contributed by atoms with Crippen molar-refractivity contribution >= 4 is 49.3 Å². The Morgan fingerprint density at radius 1 is 1.00 bits per heavy atom. The standard InChI is InChI=1S/C11H12BrFN2O.C6H5BrFN/c12-9-7-8(3-4-10(9)13)14-11(16)15-5-1-2-6-15;7-5-3-4(9)1-2-6(5)8/h3-4,7H,1-2,5-6H2,(H,14,16);1-3H,9H2. The molecule has 0 aromatic heterocycles. The molecule has 0 radical (unpaired) electrons. The molecule has 0 unspecified atom stereocenters. The molecule has 0 bridgehead atoms. The molecular weight excluding hydrogens is 460 g/mol. The SMILES string of the molecule is Nc1ccc(F)c(Br)c1.O=C(Nc1ccc(F)c(Br)c1)N1CCCC1. The first-order chi connectivity index (χ1) is 11.9. The van der Waals surface area contributed by atoms with Gasteiger partial charge in [-0.2, -0.15) is 0 Å². The summed E-state index contributed by atoms with van der Waals surface area (Å²) in [6, 6.07) is 8.67. The second kappa shape index (κ2) is 9.15. The van der Waals surface area contributed by atoms with Gasteiger partial charge >= 0.3 is 6.03 Å². The minimum Gasteiger partial charge on any atom is -0.399 e. The predicted octanol–water partition coefficient (Wildman–Crippen LogP) is 5.39. The fraction of sp³-hybridized carbons (Fsp3) is 0.235. The molecule has 2 aromatic rings. The molecule has 2 aromatic carbocycles. The lowest BCUT2D eigenvalue weighted by Gasteiger charge is -2.16. The Hall–Kier alpha value is -1.67. The van der Waals surface area contributed by atoms with Crippen molar-refractivity contribution in [3.63, 3.8) is 0 Å².